The molecule has 1 aromatic rings. The zero-order valence-electron chi connectivity index (χ0n) is 12.8. The Kier molecular flexibility index (Phi) is 4.46. The van der Waals surface area contributed by atoms with Gasteiger partial charge in [-0.1, -0.05) is 18.9 Å². The van der Waals surface area contributed by atoms with Gasteiger partial charge in [0, 0.05) is 5.69 Å². The maximum Gasteiger partial charge on any atom is 0.307 e. The number of hydrogen-bond acceptors (Lipinski definition) is 2. The molecule has 2 N–H and O–H groups in total. The second kappa shape index (κ2) is 6.51. The molecule has 0 radical (unpaired) electrons. The summed E-state index contributed by atoms with van der Waals surface area (Å²) >= 11 is 0. The average molecular weight is 301 g/mol. The van der Waals surface area contributed by atoms with Gasteiger partial charge in [-0.05, 0) is 61.8 Å². The molecule has 1 aromatic carbocycles. The lowest BCUT2D eigenvalue weighted by Crippen LogP contribution is -2.36. The second-order valence-corrected chi connectivity index (χ2v) is 6.52. The molecule has 4 heteroatoms. The Labute approximate surface area is 130 Å². The molecule has 0 heterocycles. The highest BCUT2D eigenvalue weighted by Crippen LogP contribution is 2.32. The van der Waals surface area contributed by atoms with Crippen molar-refractivity contribution in [2.45, 2.75) is 51.4 Å². The number of carbonyl (C=O) groups excluding carboxylic acids is 1. The van der Waals surface area contributed by atoms with Gasteiger partial charge in [-0.2, -0.15) is 0 Å². The third kappa shape index (κ3) is 3.16. The number of carbonyl (C=O) groups is 2. The zero-order valence-corrected chi connectivity index (χ0v) is 12.8. The minimum Gasteiger partial charge on any atom is -0.481 e. The predicted octanol–water partition coefficient (Wildman–Crippen LogP) is 3.39. The number of carboxylic acid groups (broad SMARTS) is 1. The summed E-state index contributed by atoms with van der Waals surface area (Å²) in [6.07, 6.45) is 7.75. The van der Waals surface area contributed by atoms with Gasteiger partial charge in [0.15, 0.2) is 0 Å². The van der Waals surface area contributed by atoms with Crippen LogP contribution in [0, 0.1) is 11.8 Å². The molecule has 0 aliphatic heterocycles. The lowest BCUT2D eigenvalue weighted by Gasteiger charge is -2.27. The van der Waals surface area contributed by atoms with Crippen LogP contribution < -0.4 is 5.32 Å². The molecule has 118 valence electrons. The first-order valence-corrected chi connectivity index (χ1v) is 8.30. The fourth-order valence-corrected chi connectivity index (χ4v) is 3.79. The maximum atomic E-state index is 12.5. The van der Waals surface area contributed by atoms with Crippen molar-refractivity contribution in [3.8, 4) is 0 Å². The van der Waals surface area contributed by atoms with Crippen molar-refractivity contribution in [1.82, 2.24) is 0 Å². The van der Waals surface area contributed by atoms with Crippen LogP contribution >= 0.6 is 0 Å². The number of fused-ring (bicyclic) bond motifs is 1. The van der Waals surface area contributed by atoms with Crippen LogP contribution in [0.5, 0.6) is 0 Å². The van der Waals surface area contributed by atoms with Crippen LogP contribution in [0.15, 0.2) is 18.2 Å². The molecule has 1 saturated carbocycles. The lowest BCUT2D eigenvalue weighted by molar-refractivity contribution is -0.147. The zero-order chi connectivity index (χ0) is 15.5. The van der Waals surface area contributed by atoms with Crippen LogP contribution in [-0.4, -0.2) is 17.0 Å². The highest BCUT2D eigenvalue weighted by atomic mass is 16.4. The molecule has 1 fully saturated rings. The van der Waals surface area contributed by atoms with E-state index in [1.165, 1.54) is 24.0 Å². The number of nitrogens with one attached hydrogen (secondary N) is 1. The number of carboxylic acids is 1. The molecular weight excluding hydrogens is 278 g/mol. The number of rotatable bonds is 3. The van der Waals surface area contributed by atoms with E-state index in [2.05, 4.69) is 17.4 Å². The van der Waals surface area contributed by atoms with Gasteiger partial charge in [0.05, 0.1) is 11.8 Å². The summed E-state index contributed by atoms with van der Waals surface area (Å²) in [6, 6.07) is 6.10. The molecule has 4 nitrogen and oxygen atoms in total. The van der Waals surface area contributed by atoms with E-state index in [1.807, 2.05) is 6.07 Å². The largest absolute Gasteiger partial charge is 0.481 e. The van der Waals surface area contributed by atoms with Crippen LogP contribution in [0.4, 0.5) is 5.69 Å². The number of amides is 1. The van der Waals surface area contributed by atoms with Crippen molar-refractivity contribution in [2.75, 3.05) is 5.32 Å². The van der Waals surface area contributed by atoms with Crippen molar-refractivity contribution >= 4 is 17.6 Å². The third-order valence-electron chi connectivity index (χ3n) is 5.04. The minimum absolute atomic E-state index is 0.136. The van der Waals surface area contributed by atoms with Crippen LogP contribution in [-0.2, 0) is 22.4 Å². The van der Waals surface area contributed by atoms with Crippen molar-refractivity contribution in [1.29, 1.82) is 0 Å². The molecular formula is C18H23NO3. The Hall–Kier alpha value is -1.84. The second-order valence-electron chi connectivity index (χ2n) is 6.52. The van der Waals surface area contributed by atoms with Gasteiger partial charge in [0.2, 0.25) is 5.91 Å². The van der Waals surface area contributed by atoms with Gasteiger partial charge < -0.3 is 10.4 Å². The van der Waals surface area contributed by atoms with Crippen LogP contribution in [0.1, 0.15) is 49.7 Å². The van der Waals surface area contributed by atoms with Crippen molar-refractivity contribution in [2.24, 2.45) is 11.8 Å². The quantitative estimate of drug-likeness (QED) is 0.899. The summed E-state index contributed by atoms with van der Waals surface area (Å²) in [5, 5.41) is 12.2. The number of benzene rings is 1. The number of aryl methyl sites for hydroxylation is 2. The van der Waals surface area contributed by atoms with Gasteiger partial charge in [0.1, 0.15) is 0 Å². The molecule has 0 saturated heterocycles. The normalized spacial score (nSPS) is 24.4. The van der Waals surface area contributed by atoms with E-state index in [0.29, 0.717) is 12.8 Å². The van der Waals surface area contributed by atoms with Gasteiger partial charge >= 0.3 is 5.97 Å². The number of hydrogen-bond donors (Lipinski definition) is 2. The summed E-state index contributed by atoms with van der Waals surface area (Å²) in [5.41, 5.74) is 3.51. The first-order chi connectivity index (χ1) is 10.6. The van der Waals surface area contributed by atoms with E-state index in [4.69, 9.17) is 0 Å². The molecule has 0 bridgehead atoms. The molecule has 22 heavy (non-hydrogen) atoms. The molecule has 1 amide bonds. The van der Waals surface area contributed by atoms with Crippen molar-refractivity contribution in [3.05, 3.63) is 29.3 Å². The number of anilines is 1. The van der Waals surface area contributed by atoms with E-state index < -0.39 is 17.8 Å². The van der Waals surface area contributed by atoms with E-state index >= 15 is 0 Å². The molecule has 0 spiro atoms. The Balaban J connectivity index is 1.71. The highest BCUT2D eigenvalue weighted by Gasteiger charge is 2.35. The Morgan fingerprint density at radius 3 is 2.36 bits per heavy atom. The lowest BCUT2D eigenvalue weighted by atomic mass is 9.78. The fraction of sp³-hybridized carbons (Fsp3) is 0.556. The standard InChI is InChI=1S/C18H23NO3/c20-17(15-7-3-4-8-16(15)18(21)22)19-14-10-9-12-5-1-2-6-13(12)11-14/h9-11,15-16H,1-8H2,(H,19,20)(H,21,22)/t15-,16-/m1/s1. The van der Waals surface area contributed by atoms with Crippen LogP contribution in [0.3, 0.4) is 0 Å². The van der Waals surface area contributed by atoms with E-state index in [0.717, 1.165) is 31.4 Å². The van der Waals surface area contributed by atoms with E-state index in [9.17, 15) is 14.7 Å². The molecule has 2 atom stereocenters. The first kappa shape index (κ1) is 15.1. The molecule has 2 aliphatic rings. The molecule has 3 rings (SSSR count). The minimum atomic E-state index is -0.842. The summed E-state index contributed by atoms with van der Waals surface area (Å²) in [5.74, 6) is -1.91. The molecule has 2 aliphatic carbocycles. The van der Waals surface area contributed by atoms with Gasteiger partial charge in [-0.25, -0.2) is 0 Å². The SMILES string of the molecule is O=C(O)[C@@H]1CCCC[C@H]1C(=O)Nc1ccc2c(c1)CCCC2. The molecule has 0 unspecified atom stereocenters. The Morgan fingerprint density at radius 1 is 0.955 bits per heavy atom. The summed E-state index contributed by atoms with van der Waals surface area (Å²) in [6.45, 7) is 0. The third-order valence-corrected chi connectivity index (χ3v) is 5.04. The monoisotopic (exact) mass is 301 g/mol. The van der Waals surface area contributed by atoms with Gasteiger partial charge in [-0.15, -0.1) is 0 Å². The maximum absolute atomic E-state index is 12.5. The van der Waals surface area contributed by atoms with Crippen molar-refractivity contribution in [3.63, 3.8) is 0 Å². The smallest absolute Gasteiger partial charge is 0.307 e. The summed E-state index contributed by atoms with van der Waals surface area (Å²) in [4.78, 5) is 23.8. The fourth-order valence-electron chi connectivity index (χ4n) is 3.79. The van der Waals surface area contributed by atoms with Crippen molar-refractivity contribution < 1.29 is 14.7 Å². The topological polar surface area (TPSA) is 66.4 Å². The van der Waals surface area contributed by atoms with Gasteiger partial charge in [0.25, 0.3) is 0 Å². The Bertz CT molecular complexity index is 582. The van der Waals surface area contributed by atoms with Gasteiger partial charge in [-0.3, -0.25) is 9.59 Å². The predicted molar refractivity (Wildman–Crippen MR) is 84.8 cm³/mol. The summed E-state index contributed by atoms with van der Waals surface area (Å²) < 4.78 is 0. The van der Waals surface area contributed by atoms with E-state index in [1.54, 1.807) is 0 Å². The Morgan fingerprint density at radius 2 is 1.64 bits per heavy atom. The summed E-state index contributed by atoms with van der Waals surface area (Å²) in [7, 11) is 0. The highest BCUT2D eigenvalue weighted by molar-refractivity contribution is 5.95. The average Bonchev–Trinajstić information content (AvgIpc) is 2.54. The van der Waals surface area contributed by atoms with Crippen LogP contribution in [0.2, 0.25) is 0 Å². The first-order valence-electron chi connectivity index (χ1n) is 8.30. The number of aliphatic carboxylic acids is 1. The van der Waals surface area contributed by atoms with E-state index in [-0.39, 0.29) is 5.91 Å². The van der Waals surface area contributed by atoms with Crippen LogP contribution in [0.25, 0.3) is 0 Å². The molecule has 0 aromatic heterocycles.